The molecule has 0 atom stereocenters. The van der Waals surface area contributed by atoms with Gasteiger partial charge in [-0.2, -0.15) is 5.10 Å². The first-order valence-electron chi connectivity index (χ1n) is 5.57. The molecule has 0 amide bonds. The van der Waals surface area contributed by atoms with Gasteiger partial charge in [-0.1, -0.05) is 0 Å². The van der Waals surface area contributed by atoms with E-state index in [1.165, 1.54) is 0 Å². The van der Waals surface area contributed by atoms with E-state index in [1.54, 1.807) is 29.1 Å². The van der Waals surface area contributed by atoms with Gasteiger partial charge in [-0.15, -0.1) is 0 Å². The van der Waals surface area contributed by atoms with E-state index in [9.17, 15) is 4.79 Å². The summed E-state index contributed by atoms with van der Waals surface area (Å²) in [5.74, 6) is -0.359. The van der Waals surface area contributed by atoms with Gasteiger partial charge in [-0.3, -0.25) is 4.68 Å². The van der Waals surface area contributed by atoms with Crippen LogP contribution in [0.25, 0.3) is 0 Å². The van der Waals surface area contributed by atoms with Gasteiger partial charge in [0.15, 0.2) is 0 Å². The van der Waals surface area contributed by atoms with Crippen molar-refractivity contribution in [2.75, 3.05) is 5.73 Å². The summed E-state index contributed by atoms with van der Waals surface area (Å²) in [6, 6.07) is 5.09. The summed E-state index contributed by atoms with van der Waals surface area (Å²) in [5, 5.41) is 4.00. The molecular weight excluding hydrogens is 230 g/mol. The number of aromatic nitrogens is 2. The summed E-state index contributed by atoms with van der Waals surface area (Å²) in [7, 11) is 1.81. The normalized spacial score (nSPS) is 10.3. The lowest BCUT2D eigenvalue weighted by atomic mass is 10.1. The van der Waals surface area contributed by atoms with Gasteiger partial charge in [0.05, 0.1) is 11.8 Å². The van der Waals surface area contributed by atoms with E-state index in [0.29, 0.717) is 11.3 Å². The molecule has 18 heavy (non-hydrogen) atoms. The molecule has 1 aromatic heterocycles. The van der Waals surface area contributed by atoms with Crippen LogP contribution in [-0.2, 0) is 18.4 Å². The average Bonchev–Trinajstić information content (AvgIpc) is 2.75. The van der Waals surface area contributed by atoms with Crippen LogP contribution < -0.4 is 5.73 Å². The molecule has 5 nitrogen and oxygen atoms in total. The number of nitrogen functional groups attached to an aromatic ring is 1. The van der Waals surface area contributed by atoms with Crippen molar-refractivity contribution in [3.8, 4) is 0 Å². The van der Waals surface area contributed by atoms with Crippen molar-refractivity contribution in [3.63, 3.8) is 0 Å². The Morgan fingerprint density at radius 2 is 2.28 bits per heavy atom. The van der Waals surface area contributed by atoms with Crippen LogP contribution in [0, 0.1) is 6.92 Å². The van der Waals surface area contributed by atoms with E-state index in [4.69, 9.17) is 10.5 Å². The second-order valence-electron chi connectivity index (χ2n) is 4.17. The van der Waals surface area contributed by atoms with E-state index in [-0.39, 0.29) is 12.6 Å². The number of rotatable bonds is 3. The minimum atomic E-state index is -0.359. The van der Waals surface area contributed by atoms with E-state index >= 15 is 0 Å². The Morgan fingerprint density at radius 3 is 2.89 bits per heavy atom. The van der Waals surface area contributed by atoms with Gasteiger partial charge in [0, 0.05) is 24.5 Å². The maximum atomic E-state index is 11.8. The van der Waals surface area contributed by atoms with Crippen molar-refractivity contribution < 1.29 is 9.53 Å². The molecule has 0 aliphatic rings. The van der Waals surface area contributed by atoms with Gasteiger partial charge < -0.3 is 10.5 Å². The molecule has 0 saturated heterocycles. The first kappa shape index (κ1) is 12.2. The third kappa shape index (κ3) is 2.68. The summed E-state index contributed by atoms with van der Waals surface area (Å²) >= 11 is 0. The molecule has 0 fully saturated rings. The van der Waals surface area contributed by atoms with Crippen molar-refractivity contribution in [2.24, 2.45) is 7.05 Å². The SMILES string of the molecule is Cc1cc(C(=O)OCc2cnn(C)c2)ccc1N. The van der Waals surface area contributed by atoms with Crippen molar-refractivity contribution in [2.45, 2.75) is 13.5 Å². The number of carbonyl (C=O) groups excluding carboxylic acids is 1. The number of hydrogen-bond donors (Lipinski definition) is 1. The number of carbonyl (C=O) groups is 1. The Balaban J connectivity index is 2.01. The lowest BCUT2D eigenvalue weighted by Crippen LogP contribution is -2.05. The Labute approximate surface area is 105 Å². The fourth-order valence-electron chi connectivity index (χ4n) is 1.58. The maximum Gasteiger partial charge on any atom is 0.338 e. The predicted octanol–water partition coefficient (Wildman–Crippen LogP) is 1.67. The Kier molecular flexibility index (Phi) is 3.32. The smallest absolute Gasteiger partial charge is 0.338 e. The number of ether oxygens (including phenoxy) is 1. The number of hydrogen-bond acceptors (Lipinski definition) is 4. The standard InChI is InChI=1S/C13H15N3O2/c1-9-5-11(3-4-12(9)14)13(17)18-8-10-6-15-16(2)7-10/h3-7H,8,14H2,1-2H3. The summed E-state index contributed by atoms with van der Waals surface area (Å²) in [4.78, 5) is 11.8. The average molecular weight is 245 g/mol. The van der Waals surface area contributed by atoms with Crippen LogP contribution in [0.3, 0.4) is 0 Å². The Bertz CT molecular complexity index is 575. The Morgan fingerprint density at radius 1 is 1.50 bits per heavy atom. The van der Waals surface area contributed by atoms with Crippen LogP contribution in [0.15, 0.2) is 30.6 Å². The van der Waals surface area contributed by atoms with E-state index in [0.717, 1.165) is 11.1 Å². The Hall–Kier alpha value is -2.30. The van der Waals surface area contributed by atoms with E-state index < -0.39 is 0 Å². The molecular formula is C13H15N3O2. The molecule has 0 spiro atoms. The van der Waals surface area contributed by atoms with Gasteiger partial charge in [0.2, 0.25) is 0 Å². The number of esters is 1. The summed E-state index contributed by atoms with van der Waals surface area (Å²) in [5.41, 5.74) is 8.59. The molecule has 0 aliphatic heterocycles. The summed E-state index contributed by atoms with van der Waals surface area (Å²) in [6.07, 6.45) is 3.48. The van der Waals surface area contributed by atoms with Crippen LogP contribution >= 0.6 is 0 Å². The predicted molar refractivity (Wildman–Crippen MR) is 67.9 cm³/mol. The van der Waals surface area contributed by atoms with E-state index in [2.05, 4.69) is 5.10 Å². The fourth-order valence-corrected chi connectivity index (χ4v) is 1.58. The van der Waals surface area contributed by atoms with Crippen molar-refractivity contribution in [1.82, 2.24) is 9.78 Å². The number of nitrogens with zero attached hydrogens (tertiary/aromatic N) is 2. The molecule has 0 unspecified atom stereocenters. The minimum absolute atomic E-state index is 0.218. The highest BCUT2D eigenvalue weighted by Crippen LogP contribution is 2.14. The summed E-state index contributed by atoms with van der Waals surface area (Å²) < 4.78 is 6.85. The zero-order valence-corrected chi connectivity index (χ0v) is 10.4. The second kappa shape index (κ2) is 4.91. The number of anilines is 1. The van der Waals surface area contributed by atoms with Crippen LogP contribution in [0.4, 0.5) is 5.69 Å². The van der Waals surface area contributed by atoms with Gasteiger partial charge in [-0.25, -0.2) is 4.79 Å². The highest BCUT2D eigenvalue weighted by molar-refractivity contribution is 5.90. The first-order chi connectivity index (χ1) is 8.56. The lowest BCUT2D eigenvalue weighted by molar-refractivity contribution is 0.0472. The minimum Gasteiger partial charge on any atom is -0.457 e. The van der Waals surface area contributed by atoms with Gasteiger partial charge in [-0.05, 0) is 30.7 Å². The third-order valence-corrected chi connectivity index (χ3v) is 2.63. The molecule has 2 rings (SSSR count). The molecule has 0 saturated carbocycles. The van der Waals surface area contributed by atoms with E-state index in [1.807, 2.05) is 20.2 Å². The molecule has 0 aliphatic carbocycles. The fraction of sp³-hybridized carbons (Fsp3) is 0.231. The second-order valence-corrected chi connectivity index (χ2v) is 4.17. The van der Waals surface area contributed by atoms with Crippen LogP contribution in [0.5, 0.6) is 0 Å². The quantitative estimate of drug-likeness (QED) is 0.659. The summed E-state index contributed by atoms with van der Waals surface area (Å²) in [6.45, 7) is 2.07. The molecule has 0 radical (unpaired) electrons. The van der Waals surface area contributed by atoms with Crippen LogP contribution in [0.2, 0.25) is 0 Å². The molecule has 1 heterocycles. The number of aryl methyl sites for hydroxylation is 2. The molecule has 5 heteroatoms. The zero-order valence-electron chi connectivity index (χ0n) is 10.4. The number of benzene rings is 1. The molecule has 0 bridgehead atoms. The molecule has 2 aromatic rings. The van der Waals surface area contributed by atoms with Gasteiger partial charge >= 0.3 is 5.97 Å². The van der Waals surface area contributed by atoms with Gasteiger partial charge in [0.25, 0.3) is 0 Å². The zero-order chi connectivity index (χ0) is 13.1. The maximum absolute atomic E-state index is 11.8. The van der Waals surface area contributed by atoms with Crippen molar-refractivity contribution in [1.29, 1.82) is 0 Å². The monoisotopic (exact) mass is 245 g/mol. The van der Waals surface area contributed by atoms with Gasteiger partial charge in [0.1, 0.15) is 6.61 Å². The van der Waals surface area contributed by atoms with Crippen LogP contribution in [-0.4, -0.2) is 15.7 Å². The van der Waals surface area contributed by atoms with Crippen LogP contribution in [0.1, 0.15) is 21.5 Å². The number of nitrogens with two attached hydrogens (primary N) is 1. The highest BCUT2D eigenvalue weighted by atomic mass is 16.5. The molecule has 94 valence electrons. The topological polar surface area (TPSA) is 70.1 Å². The van der Waals surface area contributed by atoms with Crippen molar-refractivity contribution in [3.05, 3.63) is 47.3 Å². The molecule has 2 N–H and O–H groups in total. The lowest BCUT2D eigenvalue weighted by Gasteiger charge is -2.05. The van der Waals surface area contributed by atoms with Crippen molar-refractivity contribution >= 4 is 11.7 Å². The highest BCUT2D eigenvalue weighted by Gasteiger charge is 2.09. The third-order valence-electron chi connectivity index (χ3n) is 2.63. The largest absolute Gasteiger partial charge is 0.457 e. The first-order valence-corrected chi connectivity index (χ1v) is 5.57. The molecule has 1 aromatic carbocycles.